The van der Waals surface area contributed by atoms with E-state index < -0.39 is 5.97 Å². The van der Waals surface area contributed by atoms with Crippen molar-refractivity contribution in [2.75, 3.05) is 18.5 Å². The number of hydrogen-bond donors (Lipinski definition) is 2. The standard InChI is InChI=1S/C9H9BrN2O3/c10-7-2-1-6(8(12-7)9(13)14)11-5-3-15-4-5/h1-2,5,11H,3-4H2,(H,13,14). The van der Waals surface area contributed by atoms with E-state index in [0.29, 0.717) is 23.5 Å². The van der Waals surface area contributed by atoms with Crippen LogP contribution in [0.15, 0.2) is 16.7 Å². The molecule has 1 fully saturated rings. The van der Waals surface area contributed by atoms with Gasteiger partial charge < -0.3 is 15.2 Å². The van der Waals surface area contributed by atoms with E-state index in [1.165, 1.54) is 0 Å². The third-order valence-corrected chi connectivity index (χ3v) is 2.50. The van der Waals surface area contributed by atoms with Crippen molar-refractivity contribution in [3.8, 4) is 0 Å². The summed E-state index contributed by atoms with van der Waals surface area (Å²) in [5.74, 6) is -1.04. The summed E-state index contributed by atoms with van der Waals surface area (Å²) in [5.41, 5.74) is 0.551. The summed E-state index contributed by atoms with van der Waals surface area (Å²) in [5, 5.41) is 12.0. The molecule has 80 valence electrons. The van der Waals surface area contributed by atoms with Gasteiger partial charge in [-0.05, 0) is 28.1 Å². The molecular weight excluding hydrogens is 264 g/mol. The van der Waals surface area contributed by atoms with Gasteiger partial charge in [0.2, 0.25) is 0 Å². The van der Waals surface area contributed by atoms with Gasteiger partial charge in [0.15, 0.2) is 5.69 Å². The van der Waals surface area contributed by atoms with Gasteiger partial charge in [0, 0.05) is 0 Å². The van der Waals surface area contributed by atoms with E-state index in [2.05, 4.69) is 26.2 Å². The summed E-state index contributed by atoms with van der Waals surface area (Å²) in [6, 6.07) is 3.58. The van der Waals surface area contributed by atoms with Crippen LogP contribution >= 0.6 is 15.9 Å². The molecule has 1 aliphatic rings. The Morgan fingerprint density at radius 2 is 2.33 bits per heavy atom. The lowest BCUT2D eigenvalue weighted by molar-refractivity contribution is 0.0210. The number of pyridine rings is 1. The zero-order valence-electron chi connectivity index (χ0n) is 7.74. The Kier molecular flexibility index (Phi) is 2.88. The summed E-state index contributed by atoms with van der Waals surface area (Å²) in [7, 11) is 0. The lowest BCUT2D eigenvalue weighted by Crippen LogP contribution is -2.40. The Balaban J connectivity index is 2.23. The van der Waals surface area contributed by atoms with Crippen LogP contribution in [0, 0.1) is 0 Å². The molecule has 0 spiro atoms. The van der Waals surface area contributed by atoms with E-state index in [-0.39, 0.29) is 11.7 Å². The van der Waals surface area contributed by atoms with Crippen molar-refractivity contribution in [1.82, 2.24) is 4.98 Å². The van der Waals surface area contributed by atoms with Crippen molar-refractivity contribution in [1.29, 1.82) is 0 Å². The van der Waals surface area contributed by atoms with Gasteiger partial charge >= 0.3 is 5.97 Å². The van der Waals surface area contributed by atoms with Crippen LogP contribution in [0.5, 0.6) is 0 Å². The first-order valence-electron chi connectivity index (χ1n) is 4.41. The highest BCUT2D eigenvalue weighted by molar-refractivity contribution is 9.10. The molecule has 0 saturated carbocycles. The van der Waals surface area contributed by atoms with E-state index in [4.69, 9.17) is 9.84 Å². The zero-order chi connectivity index (χ0) is 10.8. The number of nitrogens with zero attached hydrogens (tertiary/aromatic N) is 1. The van der Waals surface area contributed by atoms with E-state index >= 15 is 0 Å². The van der Waals surface area contributed by atoms with E-state index in [1.807, 2.05) is 0 Å². The molecule has 0 aliphatic carbocycles. The predicted molar refractivity (Wildman–Crippen MR) is 57.1 cm³/mol. The fraction of sp³-hybridized carbons (Fsp3) is 0.333. The van der Waals surface area contributed by atoms with Crippen molar-refractivity contribution >= 4 is 27.6 Å². The predicted octanol–water partition coefficient (Wildman–Crippen LogP) is 1.35. The molecule has 2 rings (SSSR count). The third kappa shape index (κ3) is 2.27. The number of rotatable bonds is 3. The van der Waals surface area contributed by atoms with Gasteiger partial charge in [0.05, 0.1) is 24.9 Å². The molecule has 2 N–H and O–H groups in total. The first-order valence-corrected chi connectivity index (χ1v) is 5.20. The lowest BCUT2D eigenvalue weighted by Gasteiger charge is -2.28. The molecule has 1 saturated heterocycles. The van der Waals surface area contributed by atoms with Crippen LogP contribution in [0.25, 0.3) is 0 Å². The van der Waals surface area contributed by atoms with Gasteiger partial charge in [-0.1, -0.05) is 0 Å². The number of carboxylic acids is 1. The molecule has 1 aromatic heterocycles. The first-order chi connectivity index (χ1) is 7.16. The zero-order valence-corrected chi connectivity index (χ0v) is 9.32. The van der Waals surface area contributed by atoms with Crippen molar-refractivity contribution < 1.29 is 14.6 Å². The average molecular weight is 273 g/mol. The summed E-state index contributed by atoms with van der Waals surface area (Å²) in [4.78, 5) is 14.8. The van der Waals surface area contributed by atoms with Crippen molar-refractivity contribution in [3.63, 3.8) is 0 Å². The highest BCUT2D eigenvalue weighted by Crippen LogP contribution is 2.19. The average Bonchev–Trinajstić information content (AvgIpc) is 2.12. The molecule has 0 amide bonds. The number of hydrogen-bond acceptors (Lipinski definition) is 4. The second kappa shape index (κ2) is 4.16. The maximum Gasteiger partial charge on any atom is 0.356 e. The number of carbonyl (C=O) groups is 1. The number of halogens is 1. The van der Waals surface area contributed by atoms with E-state index in [9.17, 15) is 4.79 Å². The van der Waals surface area contributed by atoms with Crippen LogP contribution in [-0.2, 0) is 4.74 Å². The lowest BCUT2D eigenvalue weighted by atomic mass is 10.2. The number of carboxylic acid groups (broad SMARTS) is 1. The molecule has 6 heteroatoms. The van der Waals surface area contributed by atoms with Crippen LogP contribution in [-0.4, -0.2) is 35.3 Å². The van der Waals surface area contributed by atoms with Gasteiger partial charge in [-0.15, -0.1) is 0 Å². The van der Waals surface area contributed by atoms with Crippen LogP contribution in [0.3, 0.4) is 0 Å². The van der Waals surface area contributed by atoms with E-state index in [0.717, 1.165) is 0 Å². The van der Waals surface area contributed by atoms with Crippen LogP contribution in [0.4, 0.5) is 5.69 Å². The molecule has 1 aliphatic heterocycles. The molecule has 0 atom stereocenters. The molecule has 0 radical (unpaired) electrons. The number of anilines is 1. The topological polar surface area (TPSA) is 71.5 Å². The normalized spacial score (nSPS) is 15.8. The summed E-state index contributed by atoms with van der Waals surface area (Å²) in [6.45, 7) is 1.21. The Morgan fingerprint density at radius 1 is 1.60 bits per heavy atom. The highest BCUT2D eigenvalue weighted by atomic mass is 79.9. The van der Waals surface area contributed by atoms with Crippen LogP contribution < -0.4 is 5.32 Å². The minimum Gasteiger partial charge on any atom is -0.476 e. The van der Waals surface area contributed by atoms with E-state index in [1.54, 1.807) is 12.1 Å². The minimum atomic E-state index is -1.04. The molecule has 2 heterocycles. The molecule has 0 unspecified atom stereocenters. The second-order valence-corrected chi connectivity index (χ2v) is 4.03. The number of nitrogens with one attached hydrogen (secondary N) is 1. The highest BCUT2D eigenvalue weighted by Gasteiger charge is 2.21. The molecule has 0 bridgehead atoms. The largest absolute Gasteiger partial charge is 0.476 e. The fourth-order valence-electron chi connectivity index (χ4n) is 1.25. The van der Waals surface area contributed by atoms with Crippen molar-refractivity contribution in [2.45, 2.75) is 6.04 Å². The SMILES string of the molecule is O=C(O)c1nc(Br)ccc1NC1COC1. The first kappa shape index (κ1) is 10.4. The van der Waals surface area contributed by atoms with Gasteiger partial charge in [-0.2, -0.15) is 0 Å². The molecule has 1 aromatic rings. The maximum atomic E-state index is 10.9. The maximum absolute atomic E-state index is 10.9. The van der Waals surface area contributed by atoms with Crippen molar-refractivity contribution in [3.05, 3.63) is 22.4 Å². The summed E-state index contributed by atoms with van der Waals surface area (Å²) < 4.78 is 5.50. The fourth-order valence-corrected chi connectivity index (χ4v) is 1.56. The summed E-state index contributed by atoms with van der Waals surface area (Å²) in [6.07, 6.45) is 0. The number of aromatic nitrogens is 1. The monoisotopic (exact) mass is 272 g/mol. The minimum absolute atomic E-state index is 0.0243. The number of ether oxygens (including phenoxy) is 1. The second-order valence-electron chi connectivity index (χ2n) is 3.21. The number of aromatic carboxylic acids is 1. The Bertz CT molecular complexity index is 393. The Labute approximate surface area is 94.6 Å². The van der Waals surface area contributed by atoms with Crippen LogP contribution in [0.2, 0.25) is 0 Å². The molecular formula is C9H9BrN2O3. The van der Waals surface area contributed by atoms with Crippen LogP contribution in [0.1, 0.15) is 10.5 Å². The molecule has 0 aromatic carbocycles. The van der Waals surface area contributed by atoms with Gasteiger partial charge in [0.25, 0.3) is 0 Å². The smallest absolute Gasteiger partial charge is 0.356 e. The molecule has 15 heavy (non-hydrogen) atoms. The summed E-state index contributed by atoms with van der Waals surface area (Å²) >= 11 is 3.13. The van der Waals surface area contributed by atoms with Gasteiger partial charge in [-0.25, -0.2) is 9.78 Å². The molecule has 5 nitrogen and oxygen atoms in total. The Morgan fingerprint density at radius 3 is 2.87 bits per heavy atom. The quantitative estimate of drug-likeness (QED) is 0.813. The van der Waals surface area contributed by atoms with Gasteiger partial charge in [0.1, 0.15) is 4.60 Å². The van der Waals surface area contributed by atoms with Crippen molar-refractivity contribution in [2.24, 2.45) is 0 Å². The third-order valence-electron chi connectivity index (χ3n) is 2.06. The Hall–Kier alpha value is -1.14. The van der Waals surface area contributed by atoms with Gasteiger partial charge in [-0.3, -0.25) is 0 Å².